The summed E-state index contributed by atoms with van der Waals surface area (Å²) in [6.07, 6.45) is 4.17. The van der Waals surface area contributed by atoms with Gasteiger partial charge in [-0.2, -0.15) is 0 Å². The maximum Gasteiger partial charge on any atom is 0.263 e. The fraction of sp³-hybridized carbons (Fsp3) is 0.312. The lowest BCUT2D eigenvalue weighted by Crippen LogP contribution is -2.32. The van der Waals surface area contributed by atoms with Crippen molar-refractivity contribution in [1.29, 1.82) is 0 Å². The molecule has 0 unspecified atom stereocenters. The summed E-state index contributed by atoms with van der Waals surface area (Å²) in [6, 6.07) is 4.98. The fourth-order valence-electron chi connectivity index (χ4n) is 1.93. The minimum Gasteiger partial charge on any atom is -0.350 e. The predicted octanol–water partition coefficient (Wildman–Crippen LogP) is 2.12. The van der Waals surface area contributed by atoms with Crippen LogP contribution >= 0.6 is 11.3 Å². The van der Waals surface area contributed by atoms with Gasteiger partial charge in [0.05, 0.1) is 5.69 Å². The Labute approximate surface area is 139 Å². The predicted molar refractivity (Wildman–Crippen MR) is 92.0 cm³/mol. The third-order valence-electron chi connectivity index (χ3n) is 3.08. The maximum absolute atomic E-state index is 12.2. The van der Waals surface area contributed by atoms with Crippen LogP contribution in [0.3, 0.4) is 0 Å². The lowest BCUT2D eigenvalue weighted by molar-refractivity contribution is 0.0959. The molecular formula is C16H20N4O2S. The van der Waals surface area contributed by atoms with Gasteiger partial charge < -0.3 is 16.0 Å². The second-order valence-corrected chi connectivity index (χ2v) is 5.78. The molecule has 7 heteroatoms. The number of rotatable bonds is 8. The van der Waals surface area contributed by atoms with E-state index in [1.54, 1.807) is 36.0 Å². The first-order valence-electron chi connectivity index (χ1n) is 7.50. The zero-order valence-electron chi connectivity index (χ0n) is 13.0. The quantitative estimate of drug-likeness (QED) is 0.647. The van der Waals surface area contributed by atoms with E-state index < -0.39 is 0 Å². The molecule has 0 aromatic carbocycles. The van der Waals surface area contributed by atoms with Gasteiger partial charge in [-0.3, -0.25) is 14.6 Å². The molecule has 0 atom stereocenters. The number of anilines is 1. The SMILES string of the molecule is CCCNCCNC(=O)c1sccc1NC(=O)c1ccncc1. The summed E-state index contributed by atoms with van der Waals surface area (Å²) in [6.45, 7) is 4.30. The Morgan fingerprint density at radius 3 is 2.61 bits per heavy atom. The molecule has 0 fully saturated rings. The van der Waals surface area contributed by atoms with Gasteiger partial charge in [0.1, 0.15) is 4.88 Å². The third-order valence-corrected chi connectivity index (χ3v) is 3.99. The number of carbonyl (C=O) groups excluding carboxylic acids is 2. The smallest absolute Gasteiger partial charge is 0.263 e. The van der Waals surface area contributed by atoms with Crippen LogP contribution in [0, 0.1) is 0 Å². The number of nitrogens with one attached hydrogen (secondary N) is 3. The number of nitrogens with zero attached hydrogens (tertiary/aromatic N) is 1. The molecule has 6 nitrogen and oxygen atoms in total. The van der Waals surface area contributed by atoms with Gasteiger partial charge >= 0.3 is 0 Å². The second-order valence-electron chi connectivity index (χ2n) is 4.86. The Morgan fingerprint density at radius 1 is 1.09 bits per heavy atom. The van der Waals surface area contributed by atoms with E-state index in [0.717, 1.165) is 19.5 Å². The van der Waals surface area contributed by atoms with E-state index in [1.165, 1.54) is 11.3 Å². The number of hydrogen-bond donors (Lipinski definition) is 3. The molecule has 2 aromatic rings. The molecule has 3 N–H and O–H groups in total. The van der Waals surface area contributed by atoms with Gasteiger partial charge in [0, 0.05) is 31.0 Å². The Hall–Kier alpha value is -2.25. The van der Waals surface area contributed by atoms with E-state index in [4.69, 9.17) is 0 Å². The molecular weight excluding hydrogens is 312 g/mol. The van der Waals surface area contributed by atoms with Crippen LogP contribution in [0.5, 0.6) is 0 Å². The van der Waals surface area contributed by atoms with E-state index in [9.17, 15) is 9.59 Å². The van der Waals surface area contributed by atoms with Crippen molar-refractivity contribution >= 4 is 28.8 Å². The van der Waals surface area contributed by atoms with Crippen molar-refractivity contribution in [3.05, 3.63) is 46.4 Å². The minimum atomic E-state index is -0.260. The molecule has 2 amide bonds. The van der Waals surface area contributed by atoms with E-state index >= 15 is 0 Å². The highest BCUT2D eigenvalue weighted by Crippen LogP contribution is 2.22. The van der Waals surface area contributed by atoms with Crippen LogP contribution in [-0.2, 0) is 0 Å². The van der Waals surface area contributed by atoms with Crippen LogP contribution in [-0.4, -0.2) is 36.4 Å². The molecule has 0 radical (unpaired) electrons. The highest BCUT2D eigenvalue weighted by atomic mass is 32.1. The number of carbonyl (C=O) groups is 2. The highest BCUT2D eigenvalue weighted by Gasteiger charge is 2.15. The van der Waals surface area contributed by atoms with Crippen molar-refractivity contribution in [2.75, 3.05) is 25.0 Å². The van der Waals surface area contributed by atoms with Crippen LogP contribution in [0.25, 0.3) is 0 Å². The van der Waals surface area contributed by atoms with Gasteiger partial charge in [-0.05, 0) is 36.5 Å². The van der Waals surface area contributed by atoms with Crippen LogP contribution in [0.4, 0.5) is 5.69 Å². The number of thiophene rings is 1. The number of hydrogen-bond acceptors (Lipinski definition) is 5. The Balaban J connectivity index is 1.91. The van der Waals surface area contributed by atoms with Crippen molar-refractivity contribution < 1.29 is 9.59 Å². The van der Waals surface area contributed by atoms with Gasteiger partial charge in [0.25, 0.3) is 11.8 Å². The zero-order valence-corrected chi connectivity index (χ0v) is 13.8. The Kier molecular flexibility index (Phi) is 6.71. The minimum absolute atomic E-state index is 0.177. The standard InChI is InChI=1S/C16H20N4O2S/c1-2-6-17-9-10-19-16(22)14-13(5-11-23-14)20-15(21)12-3-7-18-8-4-12/h3-5,7-8,11,17H,2,6,9-10H2,1H3,(H,19,22)(H,20,21). The van der Waals surface area contributed by atoms with E-state index in [0.29, 0.717) is 22.7 Å². The first kappa shape index (κ1) is 17.1. The Morgan fingerprint density at radius 2 is 1.87 bits per heavy atom. The molecule has 122 valence electrons. The number of pyridine rings is 1. The summed E-state index contributed by atoms with van der Waals surface area (Å²) in [5, 5.41) is 10.6. The molecule has 0 bridgehead atoms. The average molecular weight is 332 g/mol. The molecule has 2 heterocycles. The molecule has 0 aliphatic carbocycles. The monoisotopic (exact) mass is 332 g/mol. The molecule has 23 heavy (non-hydrogen) atoms. The van der Waals surface area contributed by atoms with E-state index in [-0.39, 0.29) is 11.8 Å². The maximum atomic E-state index is 12.2. The highest BCUT2D eigenvalue weighted by molar-refractivity contribution is 7.12. The molecule has 0 aliphatic rings. The summed E-state index contributed by atoms with van der Waals surface area (Å²) in [4.78, 5) is 28.7. The Bertz CT molecular complexity index is 643. The summed E-state index contributed by atoms with van der Waals surface area (Å²) in [5.74, 6) is -0.437. The molecule has 0 saturated heterocycles. The van der Waals surface area contributed by atoms with Gasteiger partial charge in [0.2, 0.25) is 0 Å². The largest absolute Gasteiger partial charge is 0.350 e. The van der Waals surface area contributed by atoms with Gasteiger partial charge in [-0.25, -0.2) is 0 Å². The first-order valence-corrected chi connectivity index (χ1v) is 8.38. The second kappa shape index (κ2) is 9.02. The number of amides is 2. The van der Waals surface area contributed by atoms with E-state index in [2.05, 4.69) is 27.9 Å². The van der Waals surface area contributed by atoms with E-state index in [1.807, 2.05) is 0 Å². The molecule has 0 saturated carbocycles. The lowest BCUT2D eigenvalue weighted by Gasteiger charge is -2.08. The van der Waals surface area contributed by atoms with Gasteiger partial charge in [-0.1, -0.05) is 6.92 Å². The molecule has 0 aliphatic heterocycles. The van der Waals surface area contributed by atoms with Crippen LogP contribution in [0.1, 0.15) is 33.4 Å². The van der Waals surface area contributed by atoms with Gasteiger partial charge in [-0.15, -0.1) is 11.3 Å². The average Bonchev–Trinajstić information content (AvgIpc) is 3.03. The summed E-state index contributed by atoms with van der Waals surface area (Å²) < 4.78 is 0. The summed E-state index contributed by atoms with van der Waals surface area (Å²) in [7, 11) is 0. The molecule has 2 aromatic heterocycles. The summed E-state index contributed by atoms with van der Waals surface area (Å²) >= 11 is 1.30. The fourth-order valence-corrected chi connectivity index (χ4v) is 2.69. The lowest BCUT2D eigenvalue weighted by atomic mass is 10.2. The molecule has 0 spiro atoms. The van der Waals surface area contributed by atoms with Crippen LogP contribution in [0.2, 0.25) is 0 Å². The van der Waals surface area contributed by atoms with Crippen molar-refractivity contribution in [3.63, 3.8) is 0 Å². The normalized spacial score (nSPS) is 10.3. The van der Waals surface area contributed by atoms with Crippen LogP contribution in [0.15, 0.2) is 36.0 Å². The number of aromatic nitrogens is 1. The van der Waals surface area contributed by atoms with Crippen LogP contribution < -0.4 is 16.0 Å². The zero-order chi connectivity index (χ0) is 16.5. The van der Waals surface area contributed by atoms with Crippen molar-refractivity contribution in [3.8, 4) is 0 Å². The van der Waals surface area contributed by atoms with Crippen molar-refractivity contribution in [1.82, 2.24) is 15.6 Å². The summed E-state index contributed by atoms with van der Waals surface area (Å²) in [5.41, 5.74) is 1.03. The topological polar surface area (TPSA) is 83.1 Å². The van der Waals surface area contributed by atoms with Crippen molar-refractivity contribution in [2.45, 2.75) is 13.3 Å². The van der Waals surface area contributed by atoms with Gasteiger partial charge in [0.15, 0.2) is 0 Å². The first-order chi connectivity index (χ1) is 11.2. The third kappa shape index (κ3) is 5.15. The van der Waals surface area contributed by atoms with Crippen molar-refractivity contribution in [2.24, 2.45) is 0 Å². The molecule has 2 rings (SSSR count).